The molecule has 1 heterocycles. The minimum absolute atomic E-state index is 0.257. The van der Waals surface area contributed by atoms with E-state index < -0.39 is 17.7 Å². The number of aromatic nitrogens is 2. The average molecular weight is 270 g/mol. The van der Waals surface area contributed by atoms with Crippen LogP contribution in [-0.2, 0) is 0 Å². The molecule has 2 rings (SSSR count). The van der Waals surface area contributed by atoms with Crippen molar-refractivity contribution in [1.29, 1.82) is 10.5 Å². The third-order valence-electron chi connectivity index (χ3n) is 2.98. The highest BCUT2D eigenvalue weighted by molar-refractivity contribution is 5.38. The molecular formula is C14H11FN4O. The summed E-state index contributed by atoms with van der Waals surface area (Å²) in [5, 5.41) is 28.0. The third-order valence-corrected chi connectivity index (χ3v) is 2.98. The maximum atomic E-state index is 13.0. The van der Waals surface area contributed by atoms with E-state index >= 15 is 0 Å². The normalized spacial score (nSPS) is 11.8. The van der Waals surface area contributed by atoms with Crippen LogP contribution in [-0.4, -0.2) is 15.1 Å². The summed E-state index contributed by atoms with van der Waals surface area (Å²) in [4.78, 5) is 6.68. The van der Waals surface area contributed by atoms with E-state index in [0.717, 1.165) is 0 Å². The van der Waals surface area contributed by atoms with Crippen LogP contribution in [0.5, 0.6) is 5.88 Å². The summed E-state index contributed by atoms with van der Waals surface area (Å²) < 4.78 is 13.0. The molecule has 1 aromatic carbocycles. The molecule has 2 N–H and O–H groups in total. The first-order valence-corrected chi connectivity index (χ1v) is 5.87. The number of benzene rings is 1. The van der Waals surface area contributed by atoms with Crippen molar-refractivity contribution in [2.24, 2.45) is 5.92 Å². The second-order valence-electron chi connectivity index (χ2n) is 4.32. The van der Waals surface area contributed by atoms with Gasteiger partial charge in [0.25, 0.3) is 0 Å². The van der Waals surface area contributed by atoms with Crippen molar-refractivity contribution in [3.63, 3.8) is 0 Å². The number of imidazole rings is 1. The molecular weight excluding hydrogens is 259 g/mol. The third kappa shape index (κ3) is 2.45. The lowest BCUT2D eigenvalue weighted by Gasteiger charge is -2.16. The number of hydrogen-bond acceptors (Lipinski definition) is 4. The Hall–Kier alpha value is -2.86. The molecule has 1 atom stereocenters. The summed E-state index contributed by atoms with van der Waals surface area (Å²) in [6.45, 7) is 1.65. The molecule has 0 saturated heterocycles. The van der Waals surface area contributed by atoms with Crippen LogP contribution in [0.25, 0.3) is 0 Å². The standard InChI is InChI=1S/C14H11FN4O/c1-8-18-13(14(20)19-8)12(10(6-16)7-17)9-2-4-11(15)5-3-9/h2-5,10,12,20H,1H3,(H,18,19)/t12-/m0/s1. The minimum atomic E-state index is -1.02. The van der Waals surface area contributed by atoms with E-state index in [1.807, 2.05) is 12.1 Å². The van der Waals surface area contributed by atoms with E-state index in [-0.39, 0.29) is 11.6 Å². The first-order valence-electron chi connectivity index (χ1n) is 5.87. The van der Waals surface area contributed by atoms with Crippen LogP contribution in [0.3, 0.4) is 0 Å². The van der Waals surface area contributed by atoms with Gasteiger partial charge in [0.1, 0.15) is 17.6 Å². The number of nitriles is 2. The first kappa shape index (κ1) is 13.6. The first-order chi connectivity index (χ1) is 9.56. The van der Waals surface area contributed by atoms with Crippen molar-refractivity contribution in [2.75, 3.05) is 0 Å². The molecule has 0 aliphatic heterocycles. The van der Waals surface area contributed by atoms with Crippen LogP contribution in [0.1, 0.15) is 23.0 Å². The molecule has 20 heavy (non-hydrogen) atoms. The maximum absolute atomic E-state index is 13.0. The van der Waals surface area contributed by atoms with Gasteiger partial charge in [-0.1, -0.05) is 12.1 Å². The summed E-state index contributed by atoms with van der Waals surface area (Å²) in [6.07, 6.45) is 0. The van der Waals surface area contributed by atoms with Gasteiger partial charge in [0, 0.05) is 0 Å². The average Bonchev–Trinajstić information content (AvgIpc) is 2.76. The Morgan fingerprint density at radius 3 is 2.30 bits per heavy atom. The monoisotopic (exact) mass is 270 g/mol. The summed E-state index contributed by atoms with van der Waals surface area (Å²) in [6, 6.07) is 9.23. The van der Waals surface area contributed by atoms with Crippen molar-refractivity contribution < 1.29 is 9.50 Å². The number of aryl methyl sites for hydroxylation is 1. The van der Waals surface area contributed by atoms with Crippen LogP contribution in [0, 0.1) is 41.3 Å². The Morgan fingerprint density at radius 1 is 1.25 bits per heavy atom. The van der Waals surface area contributed by atoms with Gasteiger partial charge < -0.3 is 10.1 Å². The number of nitrogens with one attached hydrogen (secondary N) is 1. The molecule has 1 aromatic heterocycles. The van der Waals surface area contributed by atoms with Crippen LogP contribution in [0.2, 0.25) is 0 Å². The lowest BCUT2D eigenvalue weighted by atomic mass is 9.85. The highest BCUT2D eigenvalue weighted by Crippen LogP contribution is 2.35. The molecule has 6 heteroatoms. The van der Waals surface area contributed by atoms with Gasteiger partial charge in [-0.05, 0) is 24.6 Å². The predicted molar refractivity (Wildman–Crippen MR) is 67.9 cm³/mol. The number of hydrogen-bond donors (Lipinski definition) is 2. The van der Waals surface area contributed by atoms with E-state index in [4.69, 9.17) is 10.5 Å². The van der Waals surface area contributed by atoms with Crippen LogP contribution in [0.4, 0.5) is 4.39 Å². The van der Waals surface area contributed by atoms with E-state index in [1.54, 1.807) is 6.92 Å². The lowest BCUT2D eigenvalue weighted by Crippen LogP contribution is -2.12. The molecule has 0 unspecified atom stereocenters. The van der Waals surface area contributed by atoms with Gasteiger partial charge in [0.15, 0.2) is 0 Å². The zero-order valence-electron chi connectivity index (χ0n) is 10.6. The van der Waals surface area contributed by atoms with E-state index in [1.165, 1.54) is 24.3 Å². The molecule has 100 valence electrons. The number of aromatic hydroxyl groups is 1. The van der Waals surface area contributed by atoms with Crippen molar-refractivity contribution in [1.82, 2.24) is 9.97 Å². The van der Waals surface area contributed by atoms with Gasteiger partial charge in [-0.2, -0.15) is 15.5 Å². The van der Waals surface area contributed by atoms with Crippen LogP contribution >= 0.6 is 0 Å². The largest absolute Gasteiger partial charge is 0.492 e. The number of aromatic amines is 1. The Labute approximate surface area is 114 Å². The Morgan fingerprint density at radius 2 is 1.85 bits per heavy atom. The highest BCUT2D eigenvalue weighted by Gasteiger charge is 2.29. The summed E-state index contributed by atoms with van der Waals surface area (Å²) >= 11 is 0. The fourth-order valence-corrected chi connectivity index (χ4v) is 2.09. The molecule has 0 spiro atoms. The van der Waals surface area contributed by atoms with Gasteiger partial charge >= 0.3 is 0 Å². The van der Waals surface area contributed by atoms with Crippen LogP contribution < -0.4 is 0 Å². The summed E-state index contributed by atoms with van der Waals surface area (Å²) in [5.74, 6) is -1.94. The van der Waals surface area contributed by atoms with Gasteiger partial charge in [-0.3, -0.25) is 0 Å². The smallest absolute Gasteiger partial charge is 0.233 e. The van der Waals surface area contributed by atoms with E-state index in [2.05, 4.69) is 9.97 Å². The van der Waals surface area contributed by atoms with Crippen LogP contribution in [0.15, 0.2) is 24.3 Å². The molecule has 0 aliphatic rings. The lowest BCUT2D eigenvalue weighted by molar-refractivity contribution is 0.442. The van der Waals surface area contributed by atoms with Gasteiger partial charge in [0.2, 0.25) is 5.88 Å². The van der Waals surface area contributed by atoms with E-state index in [9.17, 15) is 9.50 Å². The van der Waals surface area contributed by atoms with Gasteiger partial charge in [-0.25, -0.2) is 4.39 Å². The molecule has 0 fully saturated rings. The predicted octanol–water partition coefficient (Wildman–Crippen LogP) is 2.36. The second-order valence-corrected chi connectivity index (χ2v) is 4.32. The quantitative estimate of drug-likeness (QED) is 0.894. The fourth-order valence-electron chi connectivity index (χ4n) is 2.09. The van der Waals surface area contributed by atoms with Crippen molar-refractivity contribution in [2.45, 2.75) is 12.8 Å². The number of nitrogens with zero attached hydrogens (tertiary/aromatic N) is 3. The van der Waals surface area contributed by atoms with Gasteiger partial charge in [-0.15, -0.1) is 0 Å². The van der Waals surface area contributed by atoms with Crippen molar-refractivity contribution >= 4 is 0 Å². The SMILES string of the molecule is Cc1nc(O)c([C@@H](c2ccc(F)cc2)C(C#N)C#N)[nH]1. The molecule has 5 nitrogen and oxygen atoms in total. The molecule has 0 saturated carbocycles. The second kappa shape index (κ2) is 5.41. The molecule has 0 aliphatic carbocycles. The topological polar surface area (TPSA) is 96.5 Å². The van der Waals surface area contributed by atoms with Gasteiger partial charge in [0.05, 0.1) is 23.8 Å². The summed E-state index contributed by atoms with van der Waals surface area (Å²) in [7, 11) is 0. The number of halogens is 1. The Bertz CT molecular complexity index is 679. The minimum Gasteiger partial charge on any atom is -0.492 e. The zero-order chi connectivity index (χ0) is 14.7. The highest BCUT2D eigenvalue weighted by atomic mass is 19.1. The van der Waals surface area contributed by atoms with E-state index in [0.29, 0.717) is 11.4 Å². The molecule has 2 aromatic rings. The fraction of sp³-hybridized carbons (Fsp3) is 0.214. The Balaban J connectivity index is 2.57. The molecule has 0 bridgehead atoms. The zero-order valence-corrected chi connectivity index (χ0v) is 10.6. The Kier molecular flexibility index (Phi) is 3.67. The number of H-pyrrole nitrogens is 1. The van der Waals surface area contributed by atoms with Crippen molar-refractivity contribution in [3.05, 3.63) is 47.2 Å². The number of rotatable bonds is 3. The summed E-state index contributed by atoms with van der Waals surface area (Å²) in [5.41, 5.74) is 0.834. The molecule has 0 radical (unpaired) electrons. The maximum Gasteiger partial charge on any atom is 0.233 e. The van der Waals surface area contributed by atoms with Crippen molar-refractivity contribution in [3.8, 4) is 18.0 Å². The molecule has 0 amide bonds.